The highest BCUT2D eigenvalue weighted by atomic mass is 32.1. The van der Waals surface area contributed by atoms with Crippen LogP contribution in [0.5, 0.6) is 0 Å². The molecule has 2 rings (SSSR count). The van der Waals surface area contributed by atoms with E-state index in [0.29, 0.717) is 6.42 Å². The summed E-state index contributed by atoms with van der Waals surface area (Å²) >= 11 is 1.71. The number of aliphatic carboxylic acids is 1. The molecule has 0 aliphatic heterocycles. The molecule has 2 aromatic rings. The molecule has 0 aliphatic rings. The van der Waals surface area contributed by atoms with Gasteiger partial charge in [0.2, 0.25) is 17.7 Å². The van der Waals surface area contributed by atoms with E-state index in [9.17, 15) is 19.2 Å². The van der Waals surface area contributed by atoms with E-state index in [2.05, 4.69) is 29.7 Å². The number of carboxylic acids is 1. The van der Waals surface area contributed by atoms with E-state index in [1.54, 1.807) is 11.3 Å². The molecule has 9 heteroatoms. The number of carbonyl (C=O) groups excluding carboxylic acids is 3. The summed E-state index contributed by atoms with van der Waals surface area (Å²) in [6.07, 6.45) is 0.244. The normalized spacial score (nSPS) is 11.5. The average molecular weight is 432 g/mol. The molecule has 5 N–H and O–H groups in total. The second-order valence-electron chi connectivity index (χ2n) is 6.84. The predicted molar refractivity (Wildman–Crippen MR) is 114 cm³/mol. The largest absolute Gasteiger partial charge is 0.481 e. The summed E-state index contributed by atoms with van der Waals surface area (Å²) in [7, 11) is 0. The van der Waals surface area contributed by atoms with E-state index in [1.165, 1.54) is 9.75 Å². The fraction of sp³-hybridized carbons (Fsp3) is 0.333. The maximum absolute atomic E-state index is 12.3. The maximum Gasteiger partial charge on any atom is 0.303 e. The lowest BCUT2D eigenvalue weighted by molar-refractivity contribution is -0.138. The predicted octanol–water partition coefficient (Wildman–Crippen LogP) is 1.61. The highest BCUT2D eigenvalue weighted by molar-refractivity contribution is 7.15. The van der Waals surface area contributed by atoms with Gasteiger partial charge in [0, 0.05) is 22.6 Å². The summed E-state index contributed by atoms with van der Waals surface area (Å²) < 4.78 is 0. The first kappa shape index (κ1) is 23.1. The quantitative estimate of drug-likeness (QED) is 0.428. The summed E-state index contributed by atoms with van der Waals surface area (Å²) in [5.41, 5.74) is 7.08. The van der Waals surface area contributed by atoms with Crippen LogP contribution in [-0.4, -0.2) is 41.4 Å². The number of primary amides is 1. The van der Waals surface area contributed by atoms with E-state index in [4.69, 9.17) is 10.8 Å². The van der Waals surface area contributed by atoms with Gasteiger partial charge in [0.25, 0.3) is 0 Å². The van der Waals surface area contributed by atoms with Crippen LogP contribution in [0.1, 0.15) is 29.7 Å². The Morgan fingerprint density at radius 3 is 2.33 bits per heavy atom. The van der Waals surface area contributed by atoms with Gasteiger partial charge in [-0.3, -0.25) is 19.2 Å². The Balaban J connectivity index is 1.89. The molecule has 0 saturated heterocycles. The number of aryl methyl sites for hydroxylation is 2. The van der Waals surface area contributed by atoms with Crippen molar-refractivity contribution in [1.82, 2.24) is 10.6 Å². The number of rotatable bonds is 11. The number of nitrogens with two attached hydrogens (primary N) is 1. The van der Waals surface area contributed by atoms with Gasteiger partial charge in [-0.15, -0.1) is 11.3 Å². The minimum atomic E-state index is -1.09. The minimum Gasteiger partial charge on any atom is -0.481 e. The Morgan fingerprint density at radius 1 is 1.07 bits per heavy atom. The molecule has 1 aromatic carbocycles. The second kappa shape index (κ2) is 11.1. The minimum absolute atomic E-state index is 0.0827. The summed E-state index contributed by atoms with van der Waals surface area (Å²) in [4.78, 5) is 48.4. The van der Waals surface area contributed by atoms with Crippen LogP contribution in [0.15, 0.2) is 36.4 Å². The van der Waals surface area contributed by atoms with E-state index < -0.39 is 23.8 Å². The highest BCUT2D eigenvalue weighted by Crippen LogP contribution is 2.27. The molecule has 8 nitrogen and oxygen atoms in total. The van der Waals surface area contributed by atoms with Crippen molar-refractivity contribution >= 4 is 35.0 Å². The molecular formula is C21H25N3O5S. The van der Waals surface area contributed by atoms with E-state index >= 15 is 0 Å². The molecule has 3 amide bonds. The Bertz CT molecular complexity index is 908. The van der Waals surface area contributed by atoms with Crippen molar-refractivity contribution in [1.29, 1.82) is 0 Å². The Morgan fingerprint density at radius 2 is 1.77 bits per heavy atom. The van der Waals surface area contributed by atoms with Gasteiger partial charge in [-0.05, 0) is 43.0 Å². The second-order valence-corrected chi connectivity index (χ2v) is 8.13. The third-order valence-electron chi connectivity index (χ3n) is 4.35. The van der Waals surface area contributed by atoms with Crippen LogP contribution in [-0.2, 0) is 25.6 Å². The summed E-state index contributed by atoms with van der Waals surface area (Å²) in [5, 5.41) is 13.7. The van der Waals surface area contributed by atoms with Crippen molar-refractivity contribution in [2.45, 2.75) is 38.6 Å². The van der Waals surface area contributed by atoms with Gasteiger partial charge >= 0.3 is 5.97 Å². The first-order valence-corrected chi connectivity index (χ1v) is 10.3. The number of hydrogen-bond acceptors (Lipinski definition) is 5. The lowest BCUT2D eigenvalue weighted by atomic mass is 10.1. The third-order valence-corrected chi connectivity index (χ3v) is 5.40. The molecule has 1 atom stereocenters. The Kier molecular flexibility index (Phi) is 8.54. The number of nitrogens with one attached hydrogen (secondary N) is 2. The Hall–Kier alpha value is -3.20. The Labute approximate surface area is 178 Å². The van der Waals surface area contributed by atoms with Crippen molar-refractivity contribution in [3.63, 3.8) is 0 Å². The third kappa shape index (κ3) is 7.67. The molecule has 1 aromatic heterocycles. The summed E-state index contributed by atoms with van der Waals surface area (Å²) in [5.74, 6) is -2.83. The van der Waals surface area contributed by atoms with Crippen LogP contribution in [0.3, 0.4) is 0 Å². The topological polar surface area (TPSA) is 139 Å². The van der Waals surface area contributed by atoms with Crippen molar-refractivity contribution in [3.05, 3.63) is 46.8 Å². The molecule has 160 valence electrons. The molecule has 1 unspecified atom stereocenters. The number of amides is 3. The summed E-state index contributed by atoms with van der Waals surface area (Å²) in [6.45, 7) is 1.67. The number of hydrogen-bond donors (Lipinski definition) is 4. The SMILES string of the molecule is Cc1ccc(-c2ccc(CCC(=O)NC(CCC(=O)O)C(=O)NCC(N)=O)cc2)s1. The fourth-order valence-corrected chi connectivity index (χ4v) is 3.66. The molecule has 1 heterocycles. The summed E-state index contributed by atoms with van der Waals surface area (Å²) in [6, 6.07) is 11.0. The molecule has 0 aliphatic carbocycles. The molecule has 30 heavy (non-hydrogen) atoms. The van der Waals surface area contributed by atoms with Gasteiger partial charge in [0.15, 0.2) is 0 Å². The lowest BCUT2D eigenvalue weighted by Crippen LogP contribution is -2.48. The van der Waals surface area contributed by atoms with Gasteiger partial charge in [-0.1, -0.05) is 24.3 Å². The van der Waals surface area contributed by atoms with Crippen molar-refractivity contribution < 1.29 is 24.3 Å². The zero-order valence-corrected chi connectivity index (χ0v) is 17.5. The van der Waals surface area contributed by atoms with Gasteiger partial charge in [0.1, 0.15) is 6.04 Å². The van der Waals surface area contributed by atoms with Crippen molar-refractivity contribution in [2.24, 2.45) is 5.73 Å². The number of benzene rings is 1. The molecule has 0 bridgehead atoms. The molecule has 0 spiro atoms. The number of thiophene rings is 1. The first-order chi connectivity index (χ1) is 14.2. The van der Waals surface area contributed by atoms with Crippen molar-refractivity contribution in [2.75, 3.05) is 6.54 Å². The average Bonchev–Trinajstić information content (AvgIpc) is 3.14. The zero-order valence-electron chi connectivity index (χ0n) is 16.6. The number of carbonyl (C=O) groups is 4. The zero-order chi connectivity index (χ0) is 22.1. The smallest absolute Gasteiger partial charge is 0.303 e. The molecule has 0 saturated carbocycles. The van der Waals surface area contributed by atoms with E-state index in [0.717, 1.165) is 11.1 Å². The van der Waals surface area contributed by atoms with Crippen LogP contribution in [0.2, 0.25) is 0 Å². The standard InChI is InChI=1S/C21H25N3O5S/c1-13-2-9-17(30-13)15-6-3-14(4-7-15)5-10-19(26)24-16(8-11-20(27)28)21(29)23-12-18(22)25/h2-4,6-7,9,16H,5,8,10-12H2,1H3,(H2,22,25)(H,23,29)(H,24,26)(H,27,28). The van der Waals surface area contributed by atoms with Crippen LogP contribution in [0.4, 0.5) is 0 Å². The molecule has 0 radical (unpaired) electrons. The van der Waals surface area contributed by atoms with Gasteiger partial charge in [0.05, 0.1) is 6.54 Å². The molecule has 0 fully saturated rings. The lowest BCUT2D eigenvalue weighted by Gasteiger charge is -2.17. The van der Waals surface area contributed by atoms with Crippen LogP contribution in [0, 0.1) is 6.92 Å². The van der Waals surface area contributed by atoms with E-state index in [-0.39, 0.29) is 31.7 Å². The van der Waals surface area contributed by atoms with Crippen molar-refractivity contribution in [3.8, 4) is 10.4 Å². The van der Waals surface area contributed by atoms with Crippen LogP contribution in [0.25, 0.3) is 10.4 Å². The van der Waals surface area contributed by atoms with Gasteiger partial charge in [-0.2, -0.15) is 0 Å². The van der Waals surface area contributed by atoms with E-state index in [1.807, 2.05) is 24.3 Å². The number of carboxylic acid groups (broad SMARTS) is 1. The molecular weight excluding hydrogens is 406 g/mol. The first-order valence-electron chi connectivity index (χ1n) is 9.47. The van der Waals surface area contributed by atoms with Gasteiger partial charge < -0.3 is 21.5 Å². The monoisotopic (exact) mass is 431 g/mol. The van der Waals surface area contributed by atoms with Crippen LogP contribution >= 0.6 is 11.3 Å². The highest BCUT2D eigenvalue weighted by Gasteiger charge is 2.21. The van der Waals surface area contributed by atoms with Crippen LogP contribution < -0.4 is 16.4 Å². The fourth-order valence-electron chi connectivity index (χ4n) is 2.78. The maximum atomic E-state index is 12.3. The van der Waals surface area contributed by atoms with Gasteiger partial charge in [-0.25, -0.2) is 0 Å².